The van der Waals surface area contributed by atoms with Gasteiger partial charge in [0.15, 0.2) is 0 Å². The van der Waals surface area contributed by atoms with Gasteiger partial charge in [0, 0.05) is 11.4 Å². The number of para-hydroxylation sites is 2. The van der Waals surface area contributed by atoms with E-state index in [-0.39, 0.29) is 22.6 Å². The van der Waals surface area contributed by atoms with Gasteiger partial charge in [0.2, 0.25) is 5.91 Å². The van der Waals surface area contributed by atoms with Gasteiger partial charge in [-0.05, 0) is 56.3 Å². The van der Waals surface area contributed by atoms with E-state index in [0.29, 0.717) is 33.7 Å². The van der Waals surface area contributed by atoms with E-state index in [1.54, 1.807) is 50.2 Å². The first-order chi connectivity index (χ1) is 19.5. The Morgan fingerprint density at radius 3 is 2.51 bits per heavy atom. The molecular formula is C29H25F3N4O4S. The highest BCUT2D eigenvalue weighted by Crippen LogP contribution is 2.42. The maximum atomic E-state index is 13.6. The van der Waals surface area contributed by atoms with Crippen molar-refractivity contribution in [2.75, 3.05) is 23.5 Å². The molecular weight excluding hydrogens is 557 g/mol. The van der Waals surface area contributed by atoms with E-state index in [0.717, 1.165) is 23.9 Å². The second-order valence-corrected chi connectivity index (χ2v) is 9.96. The van der Waals surface area contributed by atoms with E-state index in [2.05, 4.69) is 22.0 Å². The largest absolute Gasteiger partial charge is 0.495 e. The van der Waals surface area contributed by atoms with Crippen molar-refractivity contribution in [3.05, 3.63) is 99.6 Å². The van der Waals surface area contributed by atoms with Crippen LogP contribution in [-0.2, 0) is 15.8 Å². The van der Waals surface area contributed by atoms with Crippen LogP contribution >= 0.6 is 11.8 Å². The quantitative estimate of drug-likeness (QED) is 0.285. The van der Waals surface area contributed by atoms with E-state index >= 15 is 0 Å². The van der Waals surface area contributed by atoms with Gasteiger partial charge in [-0.1, -0.05) is 30.0 Å². The van der Waals surface area contributed by atoms with Crippen LogP contribution in [0.3, 0.4) is 0 Å². The number of ether oxygens (including phenoxy) is 1. The number of carbonyl (C=O) groups is 2. The molecule has 8 nitrogen and oxygen atoms in total. The number of benzene rings is 2. The fraction of sp³-hybridized carbons (Fsp3) is 0.207. The standard InChI is InChI=1S/C29H25F3N4O4S/c1-16-11-12-23(40-16)26-20(14-33)28(41-15-24(37)35-19-8-6-7-18(13-19)29(30,31)32)34-17(2)25(26)27(38)36-21-9-4-5-10-22(21)39-3/h4-13,26,34H,15H2,1-3H3,(H,35,37)(H,36,38)/t26-/m1/s1. The summed E-state index contributed by atoms with van der Waals surface area (Å²) in [5, 5.41) is 18.8. The Morgan fingerprint density at radius 1 is 1.10 bits per heavy atom. The summed E-state index contributed by atoms with van der Waals surface area (Å²) in [6, 6.07) is 16.7. The van der Waals surface area contributed by atoms with Gasteiger partial charge in [-0.2, -0.15) is 18.4 Å². The van der Waals surface area contributed by atoms with Gasteiger partial charge in [0.1, 0.15) is 17.3 Å². The van der Waals surface area contributed by atoms with Crippen molar-refractivity contribution >= 4 is 35.0 Å². The van der Waals surface area contributed by atoms with Crippen LogP contribution in [0.2, 0.25) is 0 Å². The maximum absolute atomic E-state index is 13.6. The number of alkyl halides is 3. The summed E-state index contributed by atoms with van der Waals surface area (Å²) in [4.78, 5) is 26.2. The number of aryl methyl sites for hydroxylation is 1. The zero-order valence-corrected chi connectivity index (χ0v) is 23.0. The topological polar surface area (TPSA) is 116 Å². The van der Waals surface area contributed by atoms with E-state index in [1.165, 1.54) is 19.2 Å². The molecule has 1 aliphatic heterocycles. The van der Waals surface area contributed by atoms with Crippen molar-refractivity contribution in [2.45, 2.75) is 25.9 Å². The van der Waals surface area contributed by atoms with Crippen LogP contribution in [0.15, 0.2) is 87.0 Å². The lowest BCUT2D eigenvalue weighted by Crippen LogP contribution is -2.31. The molecule has 0 spiro atoms. The summed E-state index contributed by atoms with van der Waals surface area (Å²) in [6.07, 6.45) is -4.55. The SMILES string of the molecule is COc1ccccc1NC(=O)C1=C(C)NC(SCC(=O)Nc2cccc(C(F)(F)F)c2)=C(C#N)[C@@H]1c1ccc(C)o1. The third-order valence-electron chi connectivity index (χ3n) is 6.11. The lowest BCUT2D eigenvalue weighted by Gasteiger charge is -2.28. The van der Waals surface area contributed by atoms with Crippen molar-refractivity contribution in [1.29, 1.82) is 5.26 Å². The van der Waals surface area contributed by atoms with Gasteiger partial charge >= 0.3 is 6.18 Å². The molecule has 0 aliphatic carbocycles. The first kappa shape index (κ1) is 29.4. The molecule has 1 atom stereocenters. The number of hydrogen-bond donors (Lipinski definition) is 3. The van der Waals surface area contributed by atoms with Crippen LogP contribution in [0.5, 0.6) is 5.75 Å². The number of carbonyl (C=O) groups excluding carboxylic acids is 2. The lowest BCUT2D eigenvalue weighted by atomic mass is 9.85. The number of dihydropyridines is 1. The number of furan rings is 1. The molecule has 0 radical (unpaired) electrons. The summed E-state index contributed by atoms with van der Waals surface area (Å²) in [6.45, 7) is 3.40. The van der Waals surface area contributed by atoms with Crippen LogP contribution in [-0.4, -0.2) is 24.7 Å². The number of anilines is 2. The van der Waals surface area contributed by atoms with E-state index in [1.807, 2.05) is 0 Å². The van der Waals surface area contributed by atoms with Crippen molar-refractivity contribution in [2.24, 2.45) is 0 Å². The van der Waals surface area contributed by atoms with Crippen molar-refractivity contribution in [1.82, 2.24) is 5.32 Å². The Kier molecular flexibility index (Phi) is 8.78. The lowest BCUT2D eigenvalue weighted by molar-refractivity contribution is -0.137. The Labute approximate surface area is 238 Å². The molecule has 0 unspecified atom stereocenters. The molecule has 0 bridgehead atoms. The van der Waals surface area contributed by atoms with Gasteiger partial charge < -0.3 is 25.1 Å². The summed E-state index contributed by atoms with van der Waals surface area (Å²) < 4.78 is 50.3. The molecule has 0 fully saturated rings. The number of hydrogen-bond acceptors (Lipinski definition) is 7. The molecule has 41 heavy (non-hydrogen) atoms. The fourth-order valence-corrected chi connectivity index (χ4v) is 5.16. The number of methoxy groups -OCH3 is 1. The summed E-state index contributed by atoms with van der Waals surface area (Å²) in [7, 11) is 1.48. The maximum Gasteiger partial charge on any atom is 0.416 e. The molecule has 212 valence electrons. The smallest absolute Gasteiger partial charge is 0.416 e. The van der Waals surface area contributed by atoms with Gasteiger partial charge in [0.25, 0.3) is 5.91 Å². The third kappa shape index (κ3) is 6.75. The van der Waals surface area contributed by atoms with Crippen LogP contribution in [0.4, 0.5) is 24.5 Å². The average molecular weight is 583 g/mol. The van der Waals surface area contributed by atoms with Crippen LogP contribution in [0, 0.1) is 18.3 Å². The molecule has 2 heterocycles. The number of nitriles is 1. The molecule has 0 saturated heterocycles. The van der Waals surface area contributed by atoms with Crippen molar-refractivity contribution in [3.8, 4) is 11.8 Å². The molecule has 1 aliphatic rings. The zero-order chi connectivity index (χ0) is 29.7. The summed E-state index contributed by atoms with van der Waals surface area (Å²) in [5.41, 5.74) is 0.348. The normalized spacial score (nSPS) is 15.2. The molecule has 3 N–H and O–H groups in total. The average Bonchev–Trinajstić information content (AvgIpc) is 3.37. The molecule has 3 aromatic rings. The van der Waals surface area contributed by atoms with Crippen LogP contribution in [0.1, 0.15) is 29.9 Å². The highest BCUT2D eigenvalue weighted by Gasteiger charge is 2.37. The number of nitrogens with zero attached hydrogens (tertiary/aromatic N) is 1. The first-order valence-corrected chi connectivity index (χ1v) is 13.2. The Morgan fingerprint density at radius 2 is 1.85 bits per heavy atom. The van der Waals surface area contributed by atoms with Crippen molar-refractivity contribution in [3.63, 3.8) is 0 Å². The summed E-state index contributed by atoms with van der Waals surface area (Å²) in [5.74, 6) is -0.788. The predicted octanol–water partition coefficient (Wildman–Crippen LogP) is 6.32. The predicted molar refractivity (Wildman–Crippen MR) is 149 cm³/mol. The Balaban J connectivity index is 1.59. The number of amides is 2. The minimum absolute atomic E-state index is 0.00757. The van der Waals surface area contributed by atoms with Gasteiger partial charge in [-0.15, -0.1) is 0 Å². The van der Waals surface area contributed by atoms with Gasteiger partial charge in [-0.25, -0.2) is 0 Å². The number of allylic oxidation sites excluding steroid dienone is 2. The Hall–Kier alpha value is -4.63. The van der Waals surface area contributed by atoms with Crippen LogP contribution < -0.4 is 20.7 Å². The van der Waals surface area contributed by atoms with Gasteiger partial charge in [0.05, 0.1) is 52.3 Å². The van der Waals surface area contributed by atoms with E-state index < -0.39 is 29.5 Å². The van der Waals surface area contributed by atoms with Crippen molar-refractivity contribution < 1.29 is 31.9 Å². The van der Waals surface area contributed by atoms with Crippen LogP contribution in [0.25, 0.3) is 0 Å². The molecule has 1 aromatic heterocycles. The second-order valence-electron chi connectivity index (χ2n) is 8.97. The van der Waals surface area contributed by atoms with E-state index in [4.69, 9.17) is 9.15 Å². The van der Waals surface area contributed by atoms with Gasteiger partial charge in [-0.3, -0.25) is 9.59 Å². The monoisotopic (exact) mass is 582 g/mol. The fourth-order valence-electron chi connectivity index (χ4n) is 4.27. The second kappa shape index (κ2) is 12.3. The molecule has 2 aromatic carbocycles. The minimum atomic E-state index is -4.55. The Bertz CT molecular complexity index is 1590. The third-order valence-corrected chi connectivity index (χ3v) is 7.13. The molecule has 4 rings (SSSR count). The number of halogens is 3. The number of nitrogens with one attached hydrogen (secondary N) is 3. The number of thioether (sulfide) groups is 1. The van der Waals surface area contributed by atoms with E-state index in [9.17, 15) is 28.0 Å². The molecule has 12 heteroatoms. The minimum Gasteiger partial charge on any atom is -0.495 e. The highest BCUT2D eigenvalue weighted by molar-refractivity contribution is 8.03. The molecule has 0 saturated carbocycles. The first-order valence-electron chi connectivity index (χ1n) is 12.2. The summed E-state index contributed by atoms with van der Waals surface area (Å²) >= 11 is 0.984. The zero-order valence-electron chi connectivity index (χ0n) is 22.2. The number of rotatable bonds is 8. The highest BCUT2D eigenvalue weighted by atomic mass is 32.2. The molecule has 2 amide bonds.